The summed E-state index contributed by atoms with van der Waals surface area (Å²) >= 11 is 0. The molecule has 0 unspecified atom stereocenters. The monoisotopic (exact) mass is 211 g/mol. The molecule has 84 valence electrons. The fraction of sp³-hybridized carbons (Fsp3) is 0.545. The average molecular weight is 211 g/mol. The molecule has 1 aromatic heterocycles. The van der Waals surface area contributed by atoms with Crippen LogP contribution >= 0.6 is 0 Å². The number of furan rings is 1. The van der Waals surface area contributed by atoms with Crippen LogP contribution in [0, 0.1) is 12.8 Å². The summed E-state index contributed by atoms with van der Waals surface area (Å²) in [6, 6.07) is 1.46. The Morgan fingerprint density at radius 2 is 2.27 bits per heavy atom. The molecule has 0 radical (unpaired) electrons. The third kappa shape index (κ3) is 3.09. The fourth-order valence-corrected chi connectivity index (χ4v) is 1.24. The Labute approximate surface area is 89.3 Å². The van der Waals surface area contributed by atoms with Gasteiger partial charge in [0.2, 0.25) is 0 Å². The molecular weight excluding hydrogens is 194 g/mol. The SMILES string of the molecule is Cc1cc(C(=O)N[C@H](CO)C(C)C)co1. The van der Waals surface area contributed by atoms with Crippen molar-refractivity contribution in [3.05, 3.63) is 23.7 Å². The second-order valence-corrected chi connectivity index (χ2v) is 3.95. The van der Waals surface area contributed by atoms with Crippen molar-refractivity contribution in [3.63, 3.8) is 0 Å². The van der Waals surface area contributed by atoms with E-state index >= 15 is 0 Å². The van der Waals surface area contributed by atoms with Gasteiger partial charge < -0.3 is 14.8 Å². The zero-order valence-corrected chi connectivity index (χ0v) is 9.28. The smallest absolute Gasteiger partial charge is 0.254 e. The van der Waals surface area contributed by atoms with E-state index < -0.39 is 0 Å². The van der Waals surface area contributed by atoms with E-state index in [2.05, 4.69) is 5.32 Å². The molecule has 4 nitrogen and oxygen atoms in total. The number of hydrogen-bond acceptors (Lipinski definition) is 3. The van der Waals surface area contributed by atoms with Crippen LogP contribution in [0.3, 0.4) is 0 Å². The summed E-state index contributed by atoms with van der Waals surface area (Å²) < 4.78 is 5.04. The number of carbonyl (C=O) groups is 1. The molecule has 15 heavy (non-hydrogen) atoms. The van der Waals surface area contributed by atoms with Gasteiger partial charge in [0.25, 0.3) is 5.91 Å². The van der Waals surface area contributed by atoms with Crippen molar-refractivity contribution in [2.24, 2.45) is 5.92 Å². The highest BCUT2D eigenvalue weighted by Crippen LogP contribution is 2.08. The summed E-state index contributed by atoms with van der Waals surface area (Å²) in [5.74, 6) is 0.691. The van der Waals surface area contributed by atoms with Gasteiger partial charge in [-0.2, -0.15) is 0 Å². The van der Waals surface area contributed by atoms with Gasteiger partial charge in [-0.05, 0) is 18.9 Å². The van der Waals surface area contributed by atoms with Crippen LogP contribution in [0.25, 0.3) is 0 Å². The highest BCUT2D eigenvalue weighted by Gasteiger charge is 2.17. The number of carbonyl (C=O) groups excluding carboxylic acids is 1. The lowest BCUT2D eigenvalue weighted by Crippen LogP contribution is -2.40. The number of amides is 1. The summed E-state index contributed by atoms with van der Waals surface area (Å²) in [5, 5.41) is 11.8. The lowest BCUT2D eigenvalue weighted by atomic mass is 10.1. The van der Waals surface area contributed by atoms with Gasteiger partial charge in [0.15, 0.2) is 0 Å². The molecule has 0 aliphatic heterocycles. The summed E-state index contributed by atoms with van der Waals surface area (Å²) in [6.07, 6.45) is 1.42. The van der Waals surface area contributed by atoms with Gasteiger partial charge in [0.05, 0.1) is 18.2 Å². The molecule has 0 aliphatic rings. The third-order valence-corrected chi connectivity index (χ3v) is 2.31. The lowest BCUT2D eigenvalue weighted by Gasteiger charge is -2.19. The molecule has 0 fully saturated rings. The molecule has 1 aromatic rings. The summed E-state index contributed by atoms with van der Waals surface area (Å²) in [7, 11) is 0. The predicted molar refractivity (Wildman–Crippen MR) is 56.6 cm³/mol. The van der Waals surface area contributed by atoms with E-state index in [-0.39, 0.29) is 24.5 Å². The zero-order chi connectivity index (χ0) is 11.4. The zero-order valence-electron chi connectivity index (χ0n) is 9.28. The van der Waals surface area contributed by atoms with Crippen LogP contribution in [-0.2, 0) is 0 Å². The highest BCUT2D eigenvalue weighted by atomic mass is 16.3. The minimum atomic E-state index is -0.215. The van der Waals surface area contributed by atoms with Crippen LogP contribution in [0.5, 0.6) is 0 Å². The number of rotatable bonds is 4. The molecule has 0 saturated carbocycles. The van der Waals surface area contributed by atoms with Crippen molar-refractivity contribution < 1.29 is 14.3 Å². The maximum Gasteiger partial charge on any atom is 0.254 e. The van der Waals surface area contributed by atoms with E-state index in [0.29, 0.717) is 11.3 Å². The van der Waals surface area contributed by atoms with E-state index in [1.165, 1.54) is 6.26 Å². The molecule has 0 spiro atoms. The molecule has 4 heteroatoms. The van der Waals surface area contributed by atoms with Crippen LogP contribution in [-0.4, -0.2) is 23.7 Å². The average Bonchev–Trinajstić information content (AvgIpc) is 2.60. The second-order valence-electron chi connectivity index (χ2n) is 3.95. The van der Waals surface area contributed by atoms with Gasteiger partial charge >= 0.3 is 0 Å². The summed E-state index contributed by atoms with van der Waals surface area (Å²) in [4.78, 5) is 11.6. The molecule has 1 atom stereocenters. The minimum Gasteiger partial charge on any atom is -0.469 e. The minimum absolute atomic E-state index is 0.0553. The molecule has 0 aliphatic carbocycles. The first-order valence-electron chi connectivity index (χ1n) is 5.01. The van der Waals surface area contributed by atoms with Crippen LogP contribution < -0.4 is 5.32 Å². The van der Waals surface area contributed by atoms with Crippen LogP contribution in [0.15, 0.2) is 16.7 Å². The summed E-state index contributed by atoms with van der Waals surface area (Å²) in [6.45, 7) is 5.62. The molecule has 0 saturated heterocycles. The van der Waals surface area contributed by atoms with E-state index in [1.54, 1.807) is 13.0 Å². The predicted octanol–water partition coefficient (Wildman–Crippen LogP) is 1.33. The maximum absolute atomic E-state index is 11.6. The number of hydrogen-bond donors (Lipinski definition) is 2. The largest absolute Gasteiger partial charge is 0.469 e. The Morgan fingerprint density at radius 1 is 1.60 bits per heavy atom. The van der Waals surface area contributed by atoms with Crippen LogP contribution in [0.1, 0.15) is 30.0 Å². The van der Waals surface area contributed by atoms with Crippen molar-refractivity contribution in [2.75, 3.05) is 6.61 Å². The Hall–Kier alpha value is -1.29. The molecule has 0 aromatic carbocycles. The van der Waals surface area contributed by atoms with Gasteiger partial charge in [-0.25, -0.2) is 0 Å². The second kappa shape index (κ2) is 4.98. The molecule has 1 amide bonds. The topological polar surface area (TPSA) is 62.5 Å². The van der Waals surface area contributed by atoms with E-state index in [9.17, 15) is 4.79 Å². The standard InChI is InChI=1S/C11H17NO3/c1-7(2)10(5-13)12-11(14)9-4-8(3)15-6-9/h4,6-7,10,13H,5H2,1-3H3,(H,12,14)/t10-/m1/s1. The highest BCUT2D eigenvalue weighted by molar-refractivity contribution is 5.94. The van der Waals surface area contributed by atoms with Crippen LogP contribution in [0.2, 0.25) is 0 Å². The van der Waals surface area contributed by atoms with Gasteiger partial charge in [0, 0.05) is 0 Å². The third-order valence-electron chi connectivity index (χ3n) is 2.31. The van der Waals surface area contributed by atoms with Crippen molar-refractivity contribution in [1.29, 1.82) is 0 Å². The Kier molecular flexibility index (Phi) is 3.91. The molecule has 0 bridgehead atoms. The van der Waals surface area contributed by atoms with E-state index in [0.717, 1.165) is 0 Å². The first-order valence-corrected chi connectivity index (χ1v) is 5.01. The molecule has 1 heterocycles. The number of aliphatic hydroxyl groups is 1. The Balaban J connectivity index is 2.62. The number of aryl methyl sites for hydroxylation is 1. The molecular formula is C11H17NO3. The van der Waals surface area contributed by atoms with E-state index in [4.69, 9.17) is 9.52 Å². The van der Waals surface area contributed by atoms with Crippen molar-refractivity contribution in [1.82, 2.24) is 5.32 Å². The quantitative estimate of drug-likeness (QED) is 0.789. The van der Waals surface area contributed by atoms with E-state index in [1.807, 2.05) is 13.8 Å². The normalized spacial score (nSPS) is 12.9. The Morgan fingerprint density at radius 3 is 2.67 bits per heavy atom. The molecule has 1 rings (SSSR count). The van der Waals surface area contributed by atoms with Crippen molar-refractivity contribution in [2.45, 2.75) is 26.8 Å². The first kappa shape index (κ1) is 11.8. The Bertz CT molecular complexity index is 330. The molecule has 2 N–H and O–H groups in total. The maximum atomic E-state index is 11.6. The van der Waals surface area contributed by atoms with Crippen molar-refractivity contribution in [3.8, 4) is 0 Å². The lowest BCUT2D eigenvalue weighted by molar-refractivity contribution is 0.0896. The van der Waals surface area contributed by atoms with Gasteiger partial charge in [0.1, 0.15) is 12.0 Å². The van der Waals surface area contributed by atoms with Gasteiger partial charge in [-0.3, -0.25) is 4.79 Å². The van der Waals surface area contributed by atoms with Crippen molar-refractivity contribution >= 4 is 5.91 Å². The van der Waals surface area contributed by atoms with Crippen LogP contribution in [0.4, 0.5) is 0 Å². The van der Waals surface area contributed by atoms with Gasteiger partial charge in [-0.1, -0.05) is 13.8 Å². The fourth-order valence-electron chi connectivity index (χ4n) is 1.24. The number of nitrogens with one attached hydrogen (secondary N) is 1. The first-order chi connectivity index (χ1) is 7.04. The van der Waals surface area contributed by atoms with Gasteiger partial charge in [-0.15, -0.1) is 0 Å². The number of aliphatic hydroxyl groups excluding tert-OH is 1. The summed E-state index contributed by atoms with van der Waals surface area (Å²) in [5.41, 5.74) is 0.492.